The van der Waals surface area contributed by atoms with E-state index in [1.54, 1.807) is 36.5 Å². The average molecular weight is 1060 g/mol. The number of esters is 2. The highest BCUT2D eigenvalue weighted by atomic mass is 31.3. The number of anilines is 1. The molecule has 0 saturated carbocycles. The van der Waals surface area contributed by atoms with Crippen molar-refractivity contribution in [3.8, 4) is 0 Å². The van der Waals surface area contributed by atoms with Gasteiger partial charge in [-0.1, -0.05) is 152 Å². The van der Waals surface area contributed by atoms with Crippen molar-refractivity contribution in [2.45, 2.75) is 185 Å². The third-order valence-electron chi connectivity index (χ3n) is 11.1. The van der Waals surface area contributed by atoms with Gasteiger partial charge in [-0.2, -0.15) is 9.29 Å². The number of carbonyl (C=O) groups is 2. The zero-order valence-electron chi connectivity index (χ0n) is 42.0. The van der Waals surface area contributed by atoms with Gasteiger partial charge in [0.05, 0.1) is 31.5 Å². The molecule has 0 amide bonds. The number of hydrogen-bond donors (Lipinski definition) is 8. The summed E-state index contributed by atoms with van der Waals surface area (Å²) in [6, 6.07) is 1.23. The van der Waals surface area contributed by atoms with Crippen LogP contribution in [-0.4, -0.2) is 119 Å². The number of unbranched alkanes of at least 4 members (excludes halogenated alkanes) is 10. The summed E-state index contributed by atoms with van der Waals surface area (Å²) in [5.74, 6) is -0.912. The van der Waals surface area contributed by atoms with Crippen molar-refractivity contribution in [3.63, 3.8) is 0 Å². The Morgan fingerprint density at radius 3 is 1.99 bits per heavy atom. The van der Waals surface area contributed by atoms with Crippen LogP contribution in [0.3, 0.4) is 0 Å². The standard InChI is InChI=1S/C49H81N3O18P2/c1-4-5-19-26-38(53)27-21-16-13-14-17-22-28-40(54)41(55)29-24-31-44(56)65-34-39(68-45(57)30-23-18-12-10-8-6-7-9-11-15-20-25-37(2)3)35-66-71(61,62)70-72(63,64)67-36-42-46(58)47(59)48(69-42)52-33-32-43(50)51-49(52)60/h5,13-14,16-17,19,21-22,27-28,32-33,37-42,46-48,53-55,58-59H,4,6-12,15,18,20,23-26,29-31,34-36H2,1-3H3,(H,61,62)(H,63,64)(H2,50,51,60)/b16-13+,17-14-,19-5-,27-21+,28-22-/t38-,39-,40+,41+,42-,46-,47-,48-/m1/s1. The molecule has 9 N–H and O–H groups in total. The van der Waals surface area contributed by atoms with E-state index in [0.29, 0.717) is 12.8 Å². The molecule has 1 fully saturated rings. The fourth-order valence-electron chi connectivity index (χ4n) is 7.13. The minimum atomic E-state index is -5.50. The van der Waals surface area contributed by atoms with E-state index in [4.69, 9.17) is 29.0 Å². The summed E-state index contributed by atoms with van der Waals surface area (Å²) in [7, 11) is -11.0. The van der Waals surface area contributed by atoms with Crippen LogP contribution in [0, 0.1) is 5.92 Å². The van der Waals surface area contributed by atoms with E-state index >= 15 is 0 Å². The van der Waals surface area contributed by atoms with Crippen LogP contribution in [-0.2, 0) is 46.3 Å². The highest BCUT2D eigenvalue weighted by Gasteiger charge is 2.46. The summed E-state index contributed by atoms with van der Waals surface area (Å²) in [5, 5.41) is 51.5. The second-order valence-electron chi connectivity index (χ2n) is 18.0. The molecule has 0 bridgehead atoms. The largest absolute Gasteiger partial charge is 0.481 e. The monoisotopic (exact) mass is 1060 g/mol. The maximum atomic E-state index is 12.9. The Balaban J connectivity index is 1.89. The summed E-state index contributed by atoms with van der Waals surface area (Å²) in [6.07, 6.45) is 21.2. The normalized spacial score (nSPS) is 21.0. The minimum Gasteiger partial charge on any atom is -0.462 e. The van der Waals surface area contributed by atoms with E-state index in [9.17, 15) is 58.8 Å². The molecule has 1 aliphatic heterocycles. The zero-order valence-corrected chi connectivity index (χ0v) is 43.7. The summed E-state index contributed by atoms with van der Waals surface area (Å²) in [5.41, 5.74) is 4.55. The van der Waals surface area contributed by atoms with E-state index in [1.165, 1.54) is 56.7 Å². The molecule has 2 heterocycles. The summed E-state index contributed by atoms with van der Waals surface area (Å²) < 4.78 is 56.5. The molecule has 410 valence electrons. The third-order valence-corrected chi connectivity index (χ3v) is 13.7. The van der Waals surface area contributed by atoms with Gasteiger partial charge in [-0.15, -0.1) is 0 Å². The number of allylic oxidation sites excluding steroid dienone is 7. The predicted octanol–water partition coefficient (Wildman–Crippen LogP) is 6.71. The van der Waals surface area contributed by atoms with Crippen LogP contribution in [0.5, 0.6) is 0 Å². The number of nitrogens with zero attached hydrogens (tertiary/aromatic N) is 2. The number of phosphoric acid groups is 2. The van der Waals surface area contributed by atoms with E-state index in [0.717, 1.165) is 55.2 Å². The van der Waals surface area contributed by atoms with Crippen molar-refractivity contribution < 1.29 is 81.6 Å². The second kappa shape index (κ2) is 36.3. The SMILES string of the molecule is CC/C=C\C[C@@H](O)/C=C/C=C/C=C\C=C/[C@H](O)[C@@H](O)CCCC(=O)OC[C@H](COP(=O)(O)OP(=O)(O)OC[C@H]1O[C@@H](n2ccc(N)nc2=O)[C@H](O)[C@@H]1O)OC(=O)CCCCCCCCCCCCCC(C)C. The summed E-state index contributed by atoms with van der Waals surface area (Å²) in [6.45, 7) is 3.89. The quantitative estimate of drug-likeness (QED) is 0.0112. The smallest absolute Gasteiger partial charge is 0.462 e. The number of hydrogen-bond acceptors (Lipinski definition) is 18. The number of carbonyl (C=O) groups excluding carboxylic acids is 2. The van der Waals surface area contributed by atoms with Crippen molar-refractivity contribution in [3.05, 3.63) is 83.5 Å². The molecule has 2 rings (SSSR count). The molecular formula is C49H81N3O18P2. The van der Waals surface area contributed by atoms with Crippen molar-refractivity contribution in [2.75, 3.05) is 25.6 Å². The first-order chi connectivity index (χ1) is 34.2. The zero-order chi connectivity index (χ0) is 53.4. The van der Waals surface area contributed by atoms with E-state index in [-0.39, 0.29) is 31.5 Å². The number of ether oxygens (including phenoxy) is 3. The Labute approximate surface area is 423 Å². The van der Waals surface area contributed by atoms with E-state index in [1.807, 2.05) is 19.1 Å². The van der Waals surface area contributed by atoms with Gasteiger partial charge < -0.3 is 55.3 Å². The van der Waals surface area contributed by atoms with Crippen LogP contribution in [0.2, 0.25) is 0 Å². The Bertz CT molecular complexity index is 2010. The molecule has 23 heteroatoms. The van der Waals surface area contributed by atoms with Crippen molar-refractivity contribution in [1.82, 2.24) is 9.55 Å². The molecule has 10 atom stereocenters. The molecule has 1 aromatic heterocycles. The van der Waals surface area contributed by atoms with Gasteiger partial charge >= 0.3 is 33.3 Å². The maximum absolute atomic E-state index is 12.9. The highest BCUT2D eigenvalue weighted by molar-refractivity contribution is 7.61. The Kier molecular flexibility index (Phi) is 32.5. The lowest BCUT2D eigenvalue weighted by Crippen LogP contribution is -2.36. The fourth-order valence-corrected chi connectivity index (χ4v) is 9.24. The van der Waals surface area contributed by atoms with Crippen LogP contribution in [0.1, 0.15) is 143 Å². The van der Waals surface area contributed by atoms with Crippen LogP contribution in [0.25, 0.3) is 0 Å². The topological polar surface area (TPSA) is 326 Å². The Morgan fingerprint density at radius 2 is 1.36 bits per heavy atom. The molecule has 1 aliphatic rings. The number of aliphatic hydroxyl groups excluding tert-OH is 5. The van der Waals surface area contributed by atoms with Gasteiger partial charge in [0.15, 0.2) is 12.3 Å². The van der Waals surface area contributed by atoms with Gasteiger partial charge in [-0.25, -0.2) is 13.9 Å². The Hall–Kier alpha value is -3.66. The molecule has 0 aromatic carbocycles. The molecule has 1 aromatic rings. The first-order valence-corrected chi connectivity index (χ1v) is 28.0. The summed E-state index contributed by atoms with van der Waals surface area (Å²) in [4.78, 5) is 61.9. The van der Waals surface area contributed by atoms with E-state index < -0.39 is 102 Å². The number of aliphatic hydroxyl groups is 5. The first kappa shape index (κ1) is 64.5. The summed E-state index contributed by atoms with van der Waals surface area (Å²) >= 11 is 0. The number of phosphoric ester groups is 2. The lowest BCUT2D eigenvalue weighted by molar-refractivity contribution is -0.161. The molecule has 0 aliphatic carbocycles. The Morgan fingerprint density at radius 1 is 0.778 bits per heavy atom. The van der Waals surface area contributed by atoms with Gasteiger partial charge in [0.1, 0.15) is 30.7 Å². The molecule has 72 heavy (non-hydrogen) atoms. The molecule has 0 spiro atoms. The first-order valence-electron chi connectivity index (χ1n) is 25.0. The number of nitrogens with two attached hydrogens (primary N) is 1. The van der Waals surface area contributed by atoms with Gasteiger partial charge in [0.2, 0.25) is 0 Å². The van der Waals surface area contributed by atoms with Gasteiger partial charge in [-0.05, 0) is 44.1 Å². The van der Waals surface area contributed by atoms with Crippen LogP contribution in [0.4, 0.5) is 5.82 Å². The van der Waals surface area contributed by atoms with Gasteiger partial charge in [0, 0.05) is 19.0 Å². The maximum Gasteiger partial charge on any atom is 0.481 e. The number of aromatic nitrogens is 2. The lowest BCUT2D eigenvalue weighted by Gasteiger charge is -2.21. The third kappa shape index (κ3) is 29.3. The molecule has 21 nitrogen and oxygen atoms in total. The van der Waals surface area contributed by atoms with Crippen LogP contribution < -0.4 is 11.4 Å². The molecule has 1 saturated heterocycles. The second-order valence-corrected chi connectivity index (χ2v) is 21.0. The highest BCUT2D eigenvalue weighted by Crippen LogP contribution is 2.60. The lowest BCUT2D eigenvalue weighted by atomic mass is 10.0. The molecule has 0 radical (unpaired) electrons. The van der Waals surface area contributed by atoms with Gasteiger partial charge in [0.25, 0.3) is 0 Å². The predicted molar refractivity (Wildman–Crippen MR) is 270 cm³/mol. The fraction of sp³-hybridized carbons (Fsp3) is 0.673. The van der Waals surface area contributed by atoms with Crippen LogP contribution >= 0.6 is 15.6 Å². The minimum absolute atomic E-state index is 0.00624. The van der Waals surface area contributed by atoms with E-state index in [2.05, 4.69) is 23.1 Å². The molecule has 2 unspecified atom stereocenters. The van der Waals surface area contributed by atoms with Crippen molar-refractivity contribution in [2.24, 2.45) is 5.92 Å². The number of nitrogen functional groups attached to an aromatic ring is 1. The molecular weight excluding hydrogens is 980 g/mol. The average Bonchev–Trinajstić information content (AvgIpc) is 3.59. The van der Waals surface area contributed by atoms with Crippen molar-refractivity contribution >= 4 is 33.4 Å². The van der Waals surface area contributed by atoms with Gasteiger partial charge in [-0.3, -0.25) is 23.2 Å². The number of rotatable bonds is 39. The van der Waals surface area contributed by atoms with Crippen LogP contribution in [0.15, 0.2) is 77.8 Å². The van der Waals surface area contributed by atoms with Crippen molar-refractivity contribution in [1.29, 1.82) is 0 Å².